The highest BCUT2D eigenvalue weighted by atomic mass is 16.3. The predicted octanol–water partition coefficient (Wildman–Crippen LogP) is 2.59. The maximum Gasteiger partial charge on any atom is 0.223 e. The molecule has 1 aliphatic heterocycles. The lowest BCUT2D eigenvalue weighted by molar-refractivity contribution is -0.131. The number of carbonyl (C=O) groups excluding carboxylic acids is 2. The summed E-state index contributed by atoms with van der Waals surface area (Å²) in [4.78, 5) is 28.2. The molecule has 5 heteroatoms. The van der Waals surface area contributed by atoms with Gasteiger partial charge in [-0.3, -0.25) is 9.59 Å². The molecule has 5 nitrogen and oxygen atoms in total. The van der Waals surface area contributed by atoms with E-state index >= 15 is 0 Å². The Bertz CT molecular complexity index is 644. The van der Waals surface area contributed by atoms with E-state index in [0.29, 0.717) is 18.8 Å². The van der Waals surface area contributed by atoms with Crippen molar-refractivity contribution < 1.29 is 14.0 Å². The smallest absolute Gasteiger partial charge is 0.223 e. The summed E-state index contributed by atoms with van der Waals surface area (Å²) in [5.41, 5.74) is 1.19. The zero-order valence-corrected chi connectivity index (χ0v) is 13.0. The van der Waals surface area contributed by atoms with Crippen molar-refractivity contribution in [3.05, 3.63) is 54.5 Å². The van der Waals surface area contributed by atoms with Gasteiger partial charge in [-0.15, -0.1) is 0 Å². The number of benzene rings is 1. The van der Waals surface area contributed by atoms with Crippen LogP contribution in [-0.2, 0) is 4.79 Å². The van der Waals surface area contributed by atoms with E-state index in [1.165, 1.54) is 12.0 Å². The minimum Gasteiger partial charge on any atom is -0.461 e. The number of nitrogens with zero attached hydrogens (tertiary/aromatic N) is 2. The van der Waals surface area contributed by atoms with E-state index in [9.17, 15) is 9.59 Å². The quantitative estimate of drug-likeness (QED) is 0.796. The number of para-hydroxylation sites is 1. The number of amides is 1. The molecular weight excluding hydrogens is 292 g/mol. The van der Waals surface area contributed by atoms with Crippen molar-refractivity contribution in [2.75, 3.05) is 31.1 Å². The van der Waals surface area contributed by atoms with E-state index in [1.54, 1.807) is 12.1 Å². The van der Waals surface area contributed by atoms with Crippen LogP contribution in [0.5, 0.6) is 0 Å². The van der Waals surface area contributed by atoms with Gasteiger partial charge in [-0.25, -0.2) is 0 Å². The number of hydrogen-bond acceptors (Lipinski definition) is 4. The molecule has 0 aliphatic carbocycles. The average Bonchev–Trinajstić information content (AvgIpc) is 3.15. The number of piperazine rings is 1. The van der Waals surface area contributed by atoms with Crippen molar-refractivity contribution in [3.8, 4) is 0 Å². The third-order valence-corrected chi connectivity index (χ3v) is 4.12. The summed E-state index contributed by atoms with van der Waals surface area (Å²) < 4.78 is 5.06. The molecule has 2 heterocycles. The second-order valence-corrected chi connectivity index (χ2v) is 5.60. The van der Waals surface area contributed by atoms with Crippen molar-refractivity contribution >= 4 is 17.4 Å². The maximum absolute atomic E-state index is 12.2. The van der Waals surface area contributed by atoms with Gasteiger partial charge in [0.2, 0.25) is 5.91 Å². The third-order valence-electron chi connectivity index (χ3n) is 4.12. The van der Waals surface area contributed by atoms with Crippen molar-refractivity contribution in [1.29, 1.82) is 0 Å². The van der Waals surface area contributed by atoms with Crippen LogP contribution in [0.3, 0.4) is 0 Å². The molecule has 0 spiro atoms. The zero-order valence-electron chi connectivity index (χ0n) is 13.0. The van der Waals surface area contributed by atoms with E-state index in [4.69, 9.17) is 4.42 Å². The highest BCUT2D eigenvalue weighted by Crippen LogP contribution is 2.16. The first kappa shape index (κ1) is 15.3. The second kappa shape index (κ2) is 7.13. The molecule has 1 saturated heterocycles. The summed E-state index contributed by atoms with van der Waals surface area (Å²) in [5, 5.41) is 0. The van der Waals surface area contributed by atoms with Gasteiger partial charge in [0.25, 0.3) is 0 Å². The van der Waals surface area contributed by atoms with Gasteiger partial charge < -0.3 is 14.2 Å². The Morgan fingerprint density at radius 2 is 1.65 bits per heavy atom. The summed E-state index contributed by atoms with van der Waals surface area (Å²) in [6.45, 7) is 3.04. The fraction of sp³-hybridized carbons (Fsp3) is 0.333. The average molecular weight is 312 g/mol. The topological polar surface area (TPSA) is 53.8 Å². The molecular formula is C18H20N2O3. The molecule has 3 rings (SSSR count). The number of rotatable bonds is 5. The Hall–Kier alpha value is -2.56. The number of ketones is 1. The monoisotopic (exact) mass is 312 g/mol. The highest BCUT2D eigenvalue weighted by molar-refractivity contribution is 5.95. The number of furan rings is 1. The Kier molecular flexibility index (Phi) is 4.76. The number of anilines is 1. The van der Waals surface area contributed by atoms with Gasteiger partial charge in [-0.1, -0.05) is 18.2 Å². The first-order valence-electron chi connectivity index (χ1n) is 7.88. The van der Waals surface area contributed by atoms with Crippen LogP contribution in [0.25, 0.3) is 0 Å². The van der Waals surface area contributed by atoms with Gasteiger partial charge >= 0.3 is 0 Å². The minimum absolute atomic E-state index is 0.0395. The molecule has 0 radical (unpaired) electrons. The molecule has 0 N–H and O–H groups in total. The Morgan fingerprint density at radius 1 is 0.913 bits per heavy atom. The summed E-state index contributed by atoms with van der Waals surface area (Å²) in [5.74, 6) is 0.246. The number of carbonyl (C=O) groups is 2. The molecule has 120 valence electrons. The van der Waals surface area contributed by atoms with Crippen LogP contribution in [-0.4, -0.2) is 42.8 Å². The Morgan fingerprint density at radius 3 is 2.30 bits per heavy atom. The lowest BCUT2D eigenvalue weighted by Crippen LogP contribution is -2.48. The molecule has 0 unspecified atom stereocenters. The van der Waals surface area contributed by atoms with E-state index in [2.05, 4.69) is 17.0 Å². The molecule has 0 atom stereocenters. The van der Waals surface area contributed by atoms with Crippen LogP contribution in [0.1, 0.15) is 23.4 Å². The van der Waals surface area contributed by atoms with Crippen molar-refractivity contribution in [3.63, 3.8) is 0 Å². The van der Waals surface area contributed by atoms with Gasteiger partial charge in [-0.2, -0.15) is 0 Å². The molecule has 23 heavy (non-hydrogen) atoms. The lowest BCUT2D eigenvalue weighted by atomic mass is 10.1. The van der Waals surface area contributed by atoms with Gasteiger partial charge in [-0.05, 0) is 24.3 Å². The molecule has 1 fully saturated rings. The predicted molar refractivity (Wildman–Crippen MR) is 87.5 cm³/mol. The number of Topliss-reactive ketones (excluding diaryl/α,β-unsaturated/α-hetero) is 1. The fourth-order valence-corrected chi connectivity index (χ4v) is 2.79. The van der Waals surface area contributed by atoms with E-state index < -0.39 is 0 Å². The molecule has 1 aliphatic rings. The number of hydrogen-bond donors (Lipinski definition) is 0. The lowest BCUT2D eigenvalue weighted by Gasteiger charge is -2.36. The van der Waals surface area contributed by atoms with Gasteiger partial charge in [0.1, 0.15) is 0 Å². The van der Waals surface area contributed by atoms with Crippen LogP contribution >= 0.6 is 0 Å². The van der Waals surface area contributed by atoms with Crippen LogP contribution in [0.15, 0.2) is 53.1 Å². The molecule has 2 aromatic rings. The SMILES string of the molecule is O=C(CCC(=O)N1CCN(c2ccccc2)CC1)c1ccco1. The second-order valence-electron chi connectivity index (χ2n) is 5.60. The zero-order chi connectivity index (χ0) is 16.1. The summed E-state index contributed by atoms with van der Waals surface area (Å²) in [7, 11) is 0. The van der Waals surface area contributed by atoms with Gasteiger partial charge in [0.05, 0.1) is 6.26 Å². The molecule has 1 amide bonds. The molecule has 1 aromatic carbocycles. The van der Waals surface area contributed by atoms with E-state index in [0.717, 1.165) is 13.1 Å². The van der Waals surface area contributed by atoms with E-state index in [-0.39, 0.29) is 24.5 Å². The third kappa shape index (κ3) is 3.80. The standard InChI is InChI=1S/C18H20N2O3/c21-16(17-7-4-14-23-17)8-9-18(22)20-12-10-19(11-13-20)15-5-2-1-3-6-15/h1-7,14H,8-13H2. The van der Waals surface area contributed by atoms with Crippen LogP contribution in [0, 0.1) is 0 Å². The normalized spacial score (nSPS) is 14.8. The first-order chi connectivity index (χ1) is 11.2. The minimum atomic E-state index is -0.119. The van der Waals surface area contributed by atoms with Crippen LogP contribution in [0.2, 0.25) is 0 Å². The fourth-order valence-electron chi connectivity index (χ4n) is 2.79. The Labute approximate surface area is 135 Å². The van der Waals surface area contributed by atoms with E-state index in [1.807, 2.05) is 23.1 Å². The molecule has 0 saturated carbocycles. The summed E-state index contributed by atoms with van der Waals surface area (Å²) >= 11 is 0. The summed E-state index contributed by atoms with van der Waals surface area (Å²) in [6.07, 6.45) is 1.91. The maximum atomic E-state index is 12.2. The first-order valence-corrected chi connectivity index (χ1v) is 7.88. The van der Waals surface area contributed by atoms with Crippen LogP contribution in [0.4, 0.5) is 5.69 Å². The highest BCUT2D eigenvalue weighted by Gasteiger charge is 2.22. The van der Waals surface area contributed by atoms with Crippen molar-refractivity contribution in [2.45, 2.75) is 12.8 Å². The van der Waals surface area contributed by atoms with Crippen molar-refractivity contribution in [2.24, 2.45) is 0 Å². The van der Waals surface area contributed by atoms with Gasteiger partial charge in [0.15, 0.2) is 11.5 Å². The summed E-state index contributed by atoms with van der Waals surface area (Å²) in [6, 6.07) is 13.5. The largest absolute Gasteiger partial charge is 0.461 e. The Balaban J connectivity index is 1.46. The van der Waals surface area contributed by atoms with Crippen molar-refractivity contribution in [1.82, 2.24) is 4.90 Å². The van der Waals surface area contributed by atoms with Gasteiger partial charge in [0, 0.05) is 44.7 Å². The van der Waals surface area contributed by atoms with Crippen LogP contribution < -0.4 is 4.90 Å². The molecule has 1 aromatic heterocycles. The molecule has 0 bridgehead atoms.